The van der Waals surface area contributed by atoms with Gasteiger partial charge in [0.1, 0.15) is 0 Å². The van der Waals surface area contributed by atoms with Gasteiger partial charge in [0.15, 0.2) is 0 Å². The Labute approximate surface area is 432 Å². The molecule has 74 heavy (non-hydrogen) atoms. The monoisotopic (exact) mass is 940 g/mol. The van der Waals surface area contributed by atoms with Crippen LogP contribution in [0.3, 0.4) is 0 Å². The predicted molar refractivity (Wildman–Crippen MR) is 307 cm³/mol. The molecule has 3 aliphatic rings. The Morgan fingerprint density at radius 3 is 1.11 bits per heavy atom. The molecule has 12 aromatic rings. The van der Waals surface area contributed by atoms with Crippen molar-refractivity contribution < 1.29 is 0 Å². The van der Waals surface area contributed by atoms with Crippen LogP contribution in [0.1, 0.15) is 44.5 Å². The lowest BCUT2D eigenvalue weighted by Gasteiger charge is -2.34. The third-order valence-electron chi connectivity index (χ3n) is 16.3. The zero-order valence-corrected chi connectivity index (χ0v) is 40.6. The van der Waals surface area contributed by atoms with Crippen LogP contribution >= 0.6 is 0 Å². The molecule has 0 aliphatic heterocycles. The number of nitrogens with zero attached hydrogens (tertiary/aromatic N) is 2. The molecule has 0 radical (unpaired) electrons. The van der Waals surface area contributed by atoms with Gasteiger partial charge in [-0.15, -0.1) is 0 Å². The van der Waals surface area contributed by atoms with E-state index in [4.69, 9.17) is 0 Å². The number of benzene rings is 12. The van der Waals surface area contributed by atoms with Crippen LogP contribution in [0.5, 0.6) is 0 Å². The Kier molecular flexibility index (Phi) is 9.43. The van der Waals surface area contributed by atoms with Gasteiger partial charge in [-0.25, -0.2) is 0 Å². The van der Waals surface area contributed by atoms with Crippen molar-refractivity contribution >= 4 is 44.9 Å². The molecule has 12 aromatic carbocycles. The standard InChI is InChI=1S/C72H48N2/c1-6-24-49(25-7-1)71(50-26-8-2-9-27-50)63-39-21-18-34-56(63)61-47-55(43-44-66(61)71)74(53-32-14-5-15-33-53)69-48-68-70(59-37-17-16-36-58(59)69)60-38-20-23-41-65(60)72(68)64-40-22-19-35-57(64)62-46-54(42-45-67(62)72)73(51-28-10-3-11-29-51)52-30-12-4-13-31-52/h1-48H. The van der Waals surface area contributed by atoms with Gasteiger partial charge in [-0.05, 0) is 150 Å². The molecule has 2 nitrogen and oxygen atoms in total. The molecule has 0 saturated carbocycles. The zero-order chi connectivity index (χ0) is 48.8. The first-order chi connectivity index (χ1) is 36.7. The fourth-order valence-corrected chi connectivity index (χ4v) is 13.5. The van der Waals surface area contributed by atoms with Gasteiger partial charge in [0.2, 0.25) is 0 Å². The van der Waals surface area contributed by atoms with Crippen LogP contribution in [-0.4, -0.2) is 0 Å². The molecular weight excluding hydrogens is 893 g/mol. The van der Waals surface area contributed by atoms with Gasteiger partial charge in [-0.2, -0.15) is 0 Å². The van der Waals surface area contributed by atoms with E-state index in [0.717, 1.165) is 34.1 Å². The lowest BCUT2D eigenvalue weighted by molar-refractivity contribution is 0.768. The Bertz CT molecular complexity index is 4050. The van der Waals surface area contributed by atoms with E-state index in [9.17, 15) is 0 Å². The van der Waals surface area contributed by atoms with E-state index >= 15 is 0 Å². The largest absolute Gasteiger partial charge is 0.310 e. The van der Waals surface area contributed by atoms with Crippen LogP contribution in [0.4, 0.5) is 34.1 Å². The van der Waals surface area contributed by atoms with Crippen molar-refractivity contribution in [2.24, 2.45) is 0 Å². The quantitative estimate of drug-likeness (QED) is 0.150. The van der Waals surface area contributed by atoms with Gasteiger partial charge < -0.3 is 9.80 Å². The van der Waals surface area contributed by atoms with Gasteiger partial charge in [-0.1, -0.05) is 224 Å². The maximum atomic E-state index is 2.56. The van der Waals surface area contributed by atoms with Crippen molar-refractivity contribution in [2.45, 2.75) is 10.8 Å². The number of hydrogen-bond acceptors (Lipinski definition) is 2. The SMILES string of the molecule is c1ccc(N(c2ccccc2)c2ccc3c(c2)-c2ccccc2C32c3ccccc3-c3c2cc(N(c2ccccc2)c2ccc4c(c2)-c2ccccc2C4(c2ccccc2)c2ccccc2)c2ccccc32)cc1. The maximum absolute atomic E-state index is 2.56. The van der Waals surface area contributed by atoms with Gasteiger partial charge in [0.25, 0.3) is 0 Å². The van der Waals surface area contributed by atoms with Gasteiger partial charge in [0.05, 0.1) is 16.5 Å². The molecule has 0 saturated heterocycles. The summed E-state index contributed by atoms with van der Waals surface area (Å²) in [5, 5.41) is 2.44. The van der Waals surface area contributed by atoms with Crippen molar-refractivity contribution in [1.82, 2.24) is 0 Å². The number of fused-ring (bicyclic) bond motifs is 15. The summed E-state index contributed by atoms with van der Waals surface area (Å²) in [7, 11) is 0. The summed E-state index contributed by atoms with van der Waals surface area (Å²) in [4.78, 5) is 4.90. The van der Waals surface area contributed by atoms with Crippen molar-refractivity contribution in [1.29, 1.82) is 0 Å². The Balaban J connectivity index is 0.992. The minimum absolute atomic E-state index is 0.495. The van der Waals surface area contributed by atoms with Gasteiger partial charge in [-0.3, -0.25) is 0 Å². The first-order valence-electron chi connectivity index (χ1n) is 25.8. The molecule has 0 heterocycles. The lowest BCUT2D eigenvalue weighted by Crippen LogP contribution is -2.28. The molecule has 1 unspecified atom stereocenters. The molecule has 0 aromatic heterocycles. The molecule has 0 amide bonds. The second kappa shape index (κ2) is 16.5. The smallest absolute Gasteiger partial charge is 0.0726 e. The summed E-state index contributed by atoms with van der Waals surface area (Å²) in [6.45, 7) is 0. The van der Waals surface area contributed by atoms with Crippen LogP contribution in [0.15, 0.2) is 291 Å². The number of rotatable bonds is 8. The summed E-state index contributed by atoms with van der Waals surface area (Å²) in [5.41, 5.74) is 23.6. The second-order valence-corrected chi connectivity index (χ2v) is 19.9. The molecular formula is C72H48N2. The molecule has 3 aliphatic carbocycles. The molecule has 0 fully saturated rings. The molecule has 1 spiro atoms. The van der Waals surface area contributed by atoms with E-state index in [0.29, 0.717) is 0 Å². The lowest BCUT2D eigenvalue weighted by atomic mass is 9.68. The van der Waals surface area contributed by atoms with Crippen molar-refractivity contribution in [3.8, 4) is 33.4 Å². The number of hydrogen-bond donors (Lipinski definition) is 0. The van der Waals surface area contributed by atoms with Crippen molar-refractivity contribution in [3.63, 3.8) is 0 Å². The molecule has 1 atom stereocenters. The third-order valence-corrected chi connectivity index (χ3v) is 16.3. The molecule has 2 heteroatoms. The highest BCUT2D eigenvalue weighted by atomic mass is 15.1. The van der Waals surface area contributed by atoms with E-state index in [1.165, 1.54) is 88.7 Å². The highest BCUT2D eigenvalue weighted by molar-refractivity contribution is 6.12. The van der Waals surface area contributed by atoms with E-state index < -0.39 is 10.8 Å². The summed E-state index contributed by atoms with van der Waals surface area (Å²) in [6, 6.07) is 108. The van der Waals surface area contributed by atoms with Crippen LogP contribution in [-0.2, 0) is 10.8 Å². The Morgan fingerprint density at radius 2 is 0.581 bits per heavy atom. The highest BCUT2D eigenvalue weighted by Crippen LogP contribution is 2.66. The van der Waals surface area contributed by atoms with Gasteiger partial charge in [0, 0.05) is 33.8 Å². The fraction of sp³-hybridized carbons (Fsp3) is 0.0278. The minimum atomic E-state index is -0.594. The second-order valence-electron chi connectivity index (χ2n) is 19.9. The average molecular weight is 941 g/mol. The van der Waals surface area contributed by atoms with E-state index in [1.807, 2.05) is 0 Å². The average Bonchev–Trinajstić information content (AvgIpc) is 4.15. The van der Waals surface area contributed by atoms with Gasteiger partial charge >= 0.3 is 0 Å². The highest BCUT2D eigenvalue weighted by Gasteiger charge is 2.53. The topological polar surface area (TPSA) is 6.48 Å². The zero-order valence-electron chi connectivity index (χ0n) is 40.6. The normalized spacial score (nSPS) is 14.9. The first kappa shape index (κ1) is 42.2. The molecule has 346 valence electrons. The van der Waals surface area contributed by atoms with Crippen LogP contribution in [0, 0.1) is 0 Å². The van der Waals surface area contributed by atoms with Crippen LogP contribution < -0.4 is 9.80 Å². The maximum Gasteiger partial charge on any atom is 0.0726 e. The Morgan fingerprint density at radius 1 is 0.216 bits per heavy atom. The summed E-state index contributed by atoms with van der Waals surface area (Å²) < 4.78 is 0. The fourth-order valence-electron chi connectivity index (χ4n) is 13.5. The number of anilines is 6. The van der Waals surface area contributed by atoms with E-state index in [2.05, 4.69) is 301 Å². The third kappa shape index (κ3) is 5.88. The summed E-state index contributed by atoms with van der Waals surface area (Å²) >= 11 is 0. The van der Waals surface area contributed by atoms with Crippen molar-refractivity contribution in [3.05, 3.63) is 336 Å². The minimum Gasteiger partial charge on any atom is -0.310 e. The molecule has 0 bridgehead atoms. The first-order valence-corrected chi connectivity index (χ1v) is 25.8. The van der Waals surface area contributed by atoms with Crippen LogP contribution in [0.2, 0.25) is 0 Å². The van der Waals surface area contributed by atoms with E-state index in [1.54, 1.807) is 0 Å². The van der Waals surface area contributed by atoms with E-state index in [-0.39, 0.29) is 0 Å². The summed E-state index contributed by atoms with van der Waals surface area (Å²) in [5.74, 6) is 0. The molecule has 0 N–H and O–H groups in total. The van der Waals surface area contributed by atoms with Crippen LogP contribution in [0.25, 0.3) is 44.2 Å². The van der Waals surface area contributed by atoms with Crippen molar-refractivity contribution in [2.75, 3.05) is 9.80 Å². The Hall–Kier alpha value is -9.50. The number of para-hydroxylation sites is 3. The predicted octanol–water partition coefficient (Wildman–Crippen LogP) is 18.5. The summed E-state index contributed by atoms with van der Waals surface area (Å²) in [6.07, 6.45) is 0. The molecule has 15 rings (SSSR count).